The zero-order valence-electron chi connectivity index (χ0n) is 15.8. The summed E-state index contributed by atoms with van der Waals surface area (Å²) in [5.74, 6) is 0.664. The van der Waals surface area contributed by atoms with E-state index in [0.717, 1.165) is 24.1 Å². The van der Waals surface area contributed by atoms with Gasteiger partial charge in [-0.3, -0.25) is 4.79 Å². The predicted octanol–water partition coefficient (Wildman–Crippen LogP) is 2.84. The van der Waals surface area contributed by atoms with E-state index in [9.17, 15) is 4.79 Å². The molecule has 1 aromatic rings. The monoisotopic (exact) mass is 356 g/mol. The number of nitrogens with two attached hydrogens (primary N) is 1. The molecule has 0 aliphatic heterocycles. The number of hydrazone groups is 1. The van der Waals surface area contributed by atoms with Gasteiger partial charge in [0, 0.05) is 17.5 Å². The molecule has 2 saturated carbocycles. The van der Waals surface area contributed by atoms with Crippen molar-refractivity contribution in [2.24, 2.45) is 32.7 Å². The van der Waals surface area contributed by atoms with Crippen molar-refractivity contribution >= 4 is 17.5 Å². The summed E-state index contributed by atoms with van der Waals surface area (Å²) < 4.78 is 0. The van der Waals surface area contributed by atoms with E-state index in [2.05, 4.69) is 36.5 Å². The van der Waals surface area contributed by atoms with Crippen molar-refractivity contribution in [3.63, 3.8) is 0 Å². The summed E-state index contributed by atoms with van der Waals surface area (Å²) in [6.07, 6.45) is 3.83. The highest BCUT2D eigenvalue weighted by atomic mass is 16.6. The van der Waals surface area contributed by atoms with Crippen LogP contribution < -0.4 is 11.2 Å². The smallest absolute Gasteiger partial charge is 0.280 e. The van der Waals surface area contributed by atoms with Gasteiger partial charge in [-0.25, -0.2) is 5.43 Å². The average Bonchev–Trinajstić information content (AvgIpc) is 2.94. The fraction of sp³-hybridized carbons (Fsp3) is 0.550. The van der Waals surface area contributed by atoms with Crippen LogP contribution in [0, 0.1) is 16.7 Å². The second-order valence-electron chi connectivity index (χ2n) is 8.11. The van der Waals surface area contributed by atoms with E-state index in [0.29, 0.717) is 18.2 Å². The molecule has 1 aromatic carbocycles. The van der Waals surface area contributed by atoms with Crippen LogP contribution in [-0.4, -0.2) is 24.1 Å². The summed E-state index contributed by atoms with van der Waals surface area (Å²) in [6.45, 7) is 6.68. The van der Waals surface area contributed by atoms with Crippen molar-refractivity contribution in [3.05, 3.63) is 35.9 Å². The number of oxime groups is 1. The number of nitrogens with zero attached hydrogens (tertiary/aromatic N) is 2. The van der Waals surface area contributed by atoms with Gasteiger partial charge in [-0.15, -0.1) is 0 Å². The maximum absolute atomic E-state index is 12.0. The number of amides is 1. The first-order valence-corrected chi connectivity index (χ1v) is 9.17. The summed E-state index contributed by atoms with van der Waals surface area (Å²) >= 11 is 0. The molecule has 2 bridgehead atoms. The normalized spacial score (nSPS) is 28.3. The van der Waals surface area contributed by atoms with Crippen molar-refractivity contribution in [3.8, 4) is 0 Å². The van der Waals surface area contributed by atoms with Crippen LogP contribution in [0.15, 0.2) is 40.6 Å². The standard InChI is InChI=1S/C20H28N4O2/c1-19(2)15-9-10-20(19,3)16(12-15)22-23-18(25)13-26-24-17(21)11-14-7-5-4-6-8-14/h4-8,15H,9-13H2,1-3H3,(H2,21,24)(H,23,25). The number of rotatable bonds is 6. The number of carbonyl (C=O) groups is 1. The molecule has 2 fully saturated rings. The van der Waals surface area contributed by atoms with Crippen molar-refractivity contribution in [1.29, 1.82) is 0 Å². The van der Waals surface area contributed by atoms with E-state index in [4.69, 9.17) is 10.6 Å². The largest absolute Gasteiger partial charge is 0.384 e. The van der Waals surface area contributed by atoms with Gasteiger partial charge >= 0.3 is 0 Å². The van der Waals surface area contributed by atoms with Gasteiger partial charge in [0.25, 0.3) is 5.91 Å². The van der Waals surface area contributed by atoms with Crippen LogP contribution in [0.2, 0.25) is 0 Å². The Morgan fingerprint density at radius 1 is 1.31 bits per heavy atom. The molecule has 0 aromatic heterocycles. The average molecular weight is 356 g/mol. The second-order valence-corrected chi connectivity index (χ2v) is 8.11. The van der Waals surface area contributed by atoms with E-state index in [1.165, 1.54) is 6.42 Å². The summed E-state index contributed by atoms with van der Waals surface area (Å²) in [7, 11) is 0. The van der Waals surface area contributed by atoms with Crippen LogP contribution in [-0.2, 0) is 16.1 Å². The minimum atomic E-state index is -0.321. The first kappa shape index (κ1) is 18.4. The maximum atomic E-state index is 12.0. The lowest BCUT2D eigenvalue weighted by Crippen LogP contribution is -2.34. The highest BCUT2D eigenvalue weighted by molar-refractivity contribution is 5.95. The Kier molecular flexibility index (Phi) is 5.03. The lowest BCUT2D eigenvalue weighted by molar-refractivity contribution is -0.125. The quantitative estimate of drug-likeness (QED) is 0.467. The van der Waals surface area contributed by atoms with E-state index in [1.807, 2.05) is 30.3 Å². The first-order chi connectivity index (χ1) is 12.3. The summed E-state index contributed by atoms with van der Waals surface area (Å²) in [4.78, 5) is 17.0. The number of hydrogen-bond acceptors (Lipinski definition) is 4. The molecule has 2 atom stereocenters. The zero-order valence-corrected chi connectivity index (χ0v) is 15.8. The third-order valence-electron chi connectivity index (χ3n) is 6.43. The number of fused-ring (bicyclic) bond motifs is 2. The van der Waals surface area contributed by atoms with Crippen LogP contribution in [0.5, 0.6) is 0 Å². The van der Waals surface area contributed by atoms with Gasteiger partial charge in [-0.05, 0) is 36.2 Å². The summed E-state index contributed by atoms with van der Waals surface area (Å²) in [5, 5.41) is 8.20. The first-order valence-electron chi connectivity index (χ1n) is 9.17. The van der Waals surface area contributed by atoms with Gasteiger partial charge in [0.2, 0.25) is 0 Å². The van der Waals surface area contributed by atoms with Gasteiger partial charge in [-0.1, -0.05) is 56.3 Å². The molecule has 0 heterocycles. The number of carbonyl (C=O) groups excluding carboxylic acids is 1. The maximum Gasteiger partial charge on any atom is 0.280 e. The van der Waals surface area contributed by atoms with Crippen molar-refractivity contribution in [2.45, 2.75) is 46.5 Å². The van der Waals surface area contributed by atoms with E-state index >= 15 is 0 Å². The SMILES string of the molecule is CC12CCC(CC1=NNC(=O)CON=C(N)Cc1ccccc1)C2(C)C. The number of hydrogen-bond donors (Lipinski definition) is 2. The van der Waals surface area contributed by atoms with E-state index in [-0.39, 0.29) is 23.3 Å². The lowest BCUT2D eigenvalue weighted by atomic mass is 9.70. The Labute approximate surface area is 154 Å². The van der Waals surface area contributed by atoms with Crippen molar-refractivity contribution in [1.82, 2.24) is 5.43 Å². The molecule has 6 nitrogen and oxygen atoms in total. The molecule has 2 aliphatic carbocycles. The third kappa shape index (κ3) is 3.45. The second kappa shape index (κ2) is 7.09. The van der Waals surface area contributed by atoms with Crippen molar-refractivity contribution < 1.29 is 9.63 Å². The van der Waals surface area contributed by atoms with Crippen LogP contribution in [0.25, 0.3) is 0 Å². The van der Waals surface area contributed by atoms with Crippen LogP contribution >= 0.6 is 0 Å². The van der Waals surface area contributed by atoms with Gasteiger partial charge in [0.15, 0.2) is 6.61 Å². The van der Waals surface area contributed by atoms with E-state index in [1.54, 1.807) is 0 Å². The van der Waals surface area contributed by atoms with Crippen LogP contribution in [0.4, 0.5) is 0 Å². The Bertz CT molecular complexity index is 727. The molecular formula is C20H28N4O2. The Morgan fingerprint density at radius 3 is 2.65 bits per heavy atom. The molecule has 3 N–H and O–H groups in total. The molecule has 0 saturated heterocycles. The number of amidine groups is 1. The minimum absolute atomic E-state index is 0.0735. The molecule has 3 rings (SSSR count). The Balaban J connectivity index is 1.47. The predicted molar refractivity (Wildman–Crippen MR) is 103 cm³/mol. The number of nitrogens with one attached hydrogen (secondary N) is 1. The zero-order chi connectivity index (χ0) is 18.8. The minimum Gasteiger partial charge on any atom is -0.384 e. The van der Waals surface area contributed by atoms with Gasteiger partial charge in [0.1, 0.15) is 5.84 Å². The molecule has 26 heavy (non-hydrogen) atoms. The molecule has 2 aliphatic rings. The van der Waals surface area contributed by atoms with Gasteiger partial charge in [0.05, 0.1) is 0 Å². The number of benzene rings is 1. The van der Waals surface area contributed by atoms with Crippen molar-refractivity contribution in [2.75, 3.05) is 6.61 Å². The summed E-state index contributed by atoms with van der Waals surface area (Å²) in [6, 6.07) is 9.74. The Morgan fingerprint density at radius 2 is 2.04 bits per heavy atom. The van der Waals surface area contributed by atoms with E-state index < -0.39 is 0 Å². The molecule has 0 radical (unpaired) electrons. The topological polar surface area (TPSA) is 89.1 Å². The summed E-state index contributed by atoms with van der Waals surface area (Å²) in [5.41, 5.74) is 10.9. The Hall–Kier alpha value is -2.37. The molecule has 6 heteroatoms. The molecule has 140 valence electrons. The fourth-order valence-corrected chi connectivity index (χ4v) is 4.27. The molecule has 1 amide bonds. The lowest BCUT2D eigenvalue weighted by Gasteiger charge is -2.34. The van der Waals surface area contributed by atoms with Crippen LogP contribution in [0.3, 0.4) is 0 Å². The van der Waals surface area contributed by atoms with Crippen LogP contribution in [0.1, 0.15) is 45.6 Å². The highest BCUT2D eigenvalue weighted by Crippen LogP contribution is 2.63. The fourth-order valence-electron chi connectivity index (χ4n) is 4.27. The molecule has 2 unspecified atom stereocenters. The third-order valence-corrected chi connectivity index (χ3v) is 6.43. The molecule has 0 spiro atoms. The van der Waals surface area contributed by atoms with Gasteiger partial charge < -0.3 is 10.6 Å². The highest BCUT2D eigenvalue weighted by Gasteiger charge is 2.59. The van der Waals surface area contributed by atoms with Gasteiger partial charge in [-0.2, -0.15) is 5.10 Å². The molecular weight excluding hydrogens is 328 g/mol.